The summed E-state index contributed by atoms with van der Waals surface area (Å²) >= 11 is 1.89. The van der Waals surface area contributed by atoms with Gasteiger partial charge in [0.15, 0.2) is 0 Å². The van der Waals surface area contributed by atoms with E-state index >= 15 is 0 Å². The van der Waals surface area contributed by atoms with Gasteiger partial charge in [0.05, 0.1) is 0 Å². The Labute approximate surface area is 112 Å². The molecule has 0 saturated heterocycles. The number of hydrogen-bond donors (Lipinski definition) is 2. The number of rotatable bonds is 5. The summed E-state index contributed by atoms with van der Waals surface area (Å²) < 4.78 is 0. The minimum atomic E-state index is 0.261. The van der Waals surface area contributed by atoms with Crippen LogP contribution >= 0.6 is 11.8 Å². The van der Waals surface area contributed by atoms with Crippen molar-refractivity contribution < 1.29 is 5.21 Å². The first-order chi connectivity index (χ1) is 8.54. The summed E-state index contributed by atoms with van der Waals surface area (Å²) in [5, 5.41) is 11.7. The molecule has 1 saturated carbocycles. The molecule has 0 aromatic heterocycles. The number of benzene rings is 1. The number of thioether (sulfide) groups is 1. The largest absolute Gasteiger partial charge is 0.409 e. The van der Waals surface area contributed by atoms with Gasteiger partial charge in [-0.3, -0.25) is 0 Å². The van der Waals surface area contributed by atoms with E-state index in [4.69, 9.17) is 10.9 Å². The van der Waals surface area contributed by atoms with Crippen LogP contribution < -0.4 is 5.73 Å². The second-order valence-corrected chi connectivity index (χ2v) is 6.34. The highest BCUT2D eigenvalue weighted by Gasteiger charge is 2.43. The zero-order valence-electron chi connectivity index (χ0n) is 10.9. The second kappa shape index (κ2) is 5.22. The molecule has 4 heteroatoms. The highest BCUT2D eigenvalue weighted by atomic mass is 32.2. The minimum absolute atomic E-state index is 0.261. The molecule has 0 unspecified atom stereocenters. The van der Waals surface area contributed by atoms with Crippen LogP contribution in [0.2, 0.25) is 0 Å². The maximum atomic E-state index is 8.65. The topological polar surface area (TPSA) is 58.6 Å². The van der Waals surface area contributed by atoms with Gasteiger partial charge in [0, 0.05) is 17.1 Å². The molecule has 98 valence electrons. The Morgan fingerprint density at radius 3 is 2.78 bits per heavy atom. The molecule has 3 N–H and O–H groups in total. The van der Waals surface area contributed by atoms with Gasteiger partial charge < -0.3 is 10.9 Å². The third-order valence-electron chi connectivity index (χ3n) is 3.52. The van der Waals surface area contributed by atoms with E-state index in [1.165, 1.54) is 28.9 Å². The molecule has 1 aliphatic carbocycles. The van der Waals surface area contributed by atoms with Gasteiger partial charge in [-0.05, 0) is 43.7 Å². The minimum Gasteiger partial charge on any atom is -0.409 e. The van der Waals surface area contributed by atoms with Crippen molar-refractivity contribution in [1.82, 2.24) is 0 Å². The fraction of sp³-hybridized carbons (Fsp3) is 0.500. The third kappa shape index (κ3) is 3.19. The van der Waals surface area contributed by atoms with Crippen LogP contribution in [0.4, 0.5) is 0 Å². The monoisotopic (exact) mass is 264 g/mol. The Morgan fingerprint density at radius 1 is 1.44 bits per heavy atom. The fourth-order valence-corrected chi connectivity index (χ4v) is 3.48. The van der Waals surface area contributed by atoms with Crippen molar-refractivity contribution in [2.45, 2.75) is 38.0 Å². The van der Waals surface area contributed by atoms with Gasteiger partial charge in [-0.1, -0.05) is 22.9 Å². The van der Waals surface area contributed by atoms with Gasteiger partial charge in [-0.25, -0.2) is 0 Å². The van der Waals surface area contributed by atoms with Crippen molar-refractivity contribution in [2.24, 2.45) is 16.3 Å². The lowest BCUT2D eigenvalue weighted by molar-refractivity contribution is 0.315. The van der Waals surface area contributed by atoms with E-state index in [1.54, 1.807) is 0 Å². The molecule has 1 aromatic rings. The molecule has 0 spiro atoms. The average molecular weight is 264 g/mol. The Morgan fingerprint density at radius 2 is 2.17 bits per heavy atom. The van der Waals surface area contributed by atoms with Gasteiger partial charge in [-0.2, -0.15) is 0 Å². The normalized spacial score (nSPS) is 17.8. The molecule has 0 amide bonds. The lowest BCUT2D eigenvalue weighted by atomic mass is 10.1. The zero-order valence-corrected chi connectivity index (χ0v) is 11.8. The molecule has 0 bridgehead atoms. The number of amidine groups is 1. The summed E-state index contributed by atoms with van der Waals surface area (Å²) in [6.45, 7) is 4.26. The molecule has 0 heterocycles. The predicted molar refractivity (Wildman–Crippen MR) is 76.3 cm³/mol. The van der Waals surface area contributed by atoms with E-state index in [0.717, 1.165) is 5.75 Å². The van der Waals surface area contributed by atoms with E-state index in [0.29, 0.717) is 12.3 Å². The summed E-state index contributed by atoms with van der Waals surface area (Å²) in [5.74, 6) is 1.40. The predicted octanol–water partition coefficient (Wildman–Crippen LogP) is 3.31. The van der Waals surface area contributed by atoms with Gasteiger partial charge in [0.25, 0.3) is 0 Å². The maximum absolute atomic E-state index is 8.65. The summed E-state index contributed by atoms with van der Waals surface area (Å²) in [4.78, 5) is 1.35. The molecule has 3 nitrogen and oxygen atoms in total. The molecule has 0 atom stereocenters. The quantitative estimate of drug-likeness (QED) is 0.282. The van der Waals surface area contributed by atoms with Crippen LogP contribution in [0, 0.1) is 19.3 Å². The summed E-state index contributed by atoms with van der Waals surface area (Å²) in [5.41, 5.74) is 8.49. The number of hydrogen-bond acceptors (Lipinski definition) is 3. The Balaban J connectivity index is 1.97. The summed E-state index contributed by atoms with van der Waals surface area (Å²) in [7, 11) is 0. The van der Waals surface area contributed by atoms with Crippen LogP contribution in [0.5, 0.6) is 0 Å². The molecule has 1 aliphatic rings. The standard InChI is InChI=1S/C14H20N2OS/c1-10-3-4-11(2)12(7-10)18-9-14(5-6-14)8-13(15)16-17/h3-4,7,17H,5-6,8-9H2,1-2H3,(H2,15,16). The molecule has 2 rings (SSSR count). The number of nitrogens with two attached hydrogens (primary N) is 1. The van der Waals surface area contributed by atoms with E-state index in [1.807, 2.05) is 11.8 Å². The molecular formula is C14H20N2OS. The number of aryl methyl sites for hydroxylation is 2. The maximum Gasteiger partial charge on any atom is 0.139 e. The average Bonchev–Trinajstić information content (AvgIpc) is 3.10. The highest BCUT2D eigenvalue weighted by molar-refractivity contribution is 7.99. The van der Waals surface area contributed by atoms with E-state index in [2.05, 4.69) is 37.2 Å². The molecule has 18 heavy (non-hydrogen) atoms. The van der Waals surface area contributed by atoms with Crippen LogP contribution in [0.15, 0.2) is 28.3 Å². The molecule has 0 aliphatic heterocycles. The zero-order chi connectivity index (χ0) is 13.2. The van der Waals surface area contributed by atoms with Crippen molar-refractivity contribution >= 4 is 17.6 Å². The van der Waals surface area contributed by atoms with Crippen LogP contribution in [-0.4, -0.2) is 16.8 Å². The Hall–Kier alpha value is -1.16. The van der Waals surface area contributed by atoms with Gasteiger partial charge in [0.1, 0.15) is 5.84 Å². The molecule has 1 aromatic carbocycles. The van der Waals surface area contributed by atoms with Crippen LogP contribution in [0.25, 0.3) is 0 Å². The molecular weight excluding hydrogens is 244 g/mol. The van der Waals surface area contributed by atoms with Crippen LogP contribution in [0.1, 0.15) is 30.4 Å². The van der Waals surface area contributed by atoms with Crippen molar-refractivity contribution in [3.8, 4) is 0 Å². The lowest BCUT2D eigenvalue weighted by Gasteiger charge is -2.14. The van der Waals surface area contributed by atoms with Crippen LogP contribution in [0.3, 0.4) is 0 Å². The highest BCUT2D eigenvalue weighted by Crippen LogP contribution is 2.52. The Kier molecular flexibility index (Phi) is 3.85. The number of oxime groups is 1. The molecule has 1 fully saturated rings. The van der Waals surface area contributed by atoms with Crippen molar-refractivity contribution in [2.75, 3.05) is 5.75 Å². The van der Waals surface area contributed by atoms with Crippen LogP contribution in [-0.2, 0) is 0 Å². The van der Waals surface area contributed by atoms with E-state index in [-0.39, 0.29) is 5.41 Å². The second-order valence-electron chi connectivity index (χ2n) is 5.33. The summed E-state index contributed by atoms with van der Waals surface area (Å²) in [6.07, 6.45) is 3.07. The first-order valence-corrected chi connectivity index (χ1v) is 7.20. The third-order valence-corrected chi connectivity index (χ3v) is 5.03. The number of nitrogens with zero attached hydrogens (tertiary/aromatic N) is 1. The van der Waals surface area contributed by atoms with Gasteiger partial charge in [-0.15, -0.1) is 11.8 Å². The lowest BCUT2D eigenvalue weighted by Crippen LogP contribution is -2.19. The Bertz CT molecular complexity index is 467. The van der Waals surface area contributed by atoms with Crippen molar-refractivity contribution in [1.29, 1.82) is 0 Å². The SMILES string of the molecule is Cc1ccc(C)c(SCC2(CC(N)=NO)CC2)c1. The fourth-order valence-electron chi connectivity index (χ4n) is 2.06. The smallest absolute Gasteiger partial charge is 0.139 e. The van der Waals surface area contributed by atoms with Crippen molar-refractivity contribution in [3.63, 3.8) is 0 Å². The van der Waals surface area contributed by atoms with E-state index < -0.39 is 0 Å². The van der Waals surface area contributed by atoms with Crippen molar-refractivity contribution in [3.05, 3.63) is 29.3 Å². The molecule has 0 radical (unpaired) electrons. The van der Waals surface area contributed by atoms with Gasteiger partial charge in [0.2, 0.25) is 0 Å². The van der Waals surface area contributed by atoms with E-state index in [9.17, 15) is 0 Å². The van der Waals surface area contributed by atoms with Gasteiger partial charge >= 0.3 is 0 Å². The first-order valence-electron chi connectivity index (χ1n) is 6.21. The first kappa shape index (κ1) is 13.3. The summed E-state index contributed by atoms with van der Waals surface area (Å²) in [6, 6.07) is 6.54.